The van der Waals surface area contributed by atoms with E-state index < -0.39 is 28.3 Å². The van der Waals surface area contributed by atoms with Gasteiger partial charge in [0.15, 0.2) is 0 Å². The number of hydrogen-bond acceptors (Lipinski definition) is 8. The maximum atomic E-state index is 12.8. The summed E-state index contributed by atoms with van der Waals surface area (Å²) in [6.07, 6.45) is 0.672. The minimum Gasteiger partial charge on any atom is -0.497 e. The van der Waals surface area contributed by atoms with Crippen LogP contribution in [0.2, 0.25) is 0 Å². The molecule has 38 heavy (non-hydrogen) atoms. The number of methoxy groups -OCH3 is 1. The van der Waals surface area contributed by atoms with Gasteiger partial charge in [-0.1, -0.05) is 30.3 Å². The van der Waals surface area contributed by atoms with Crippen LogP contribution in [0, 0.1) is 0 Å². The van der Waals surface area contributed by atoms with Gasteiger partial charge in [-0.15, -0.1) is 0 Å². The number of sulfonamides is 1. The van der Waals surface area contributed by atoms with Gasteiger partial charge in [0, 0.05) is 19.0 Å². The predicted octanol–water partition coefficient (Wildman–Crippen LogP) is 1.93. The number of carbonyl (C=O) groups excluding carboxylic acids is 1. The zero-order chi connectivity index (χ0) is 27.0. The smallest absolute Gasteiger partial charge is 0.407 e. The molecule has 0 aliphatic carbocycles. The van der Waals surface area contributed by atoms with Crippen molar-refractivity contribution < 1.29 is 32.5 Å². The van der Waals surface area contributed by atoms with E-state index in [-0.39, 0.29) is 17.0 Å². The molecule has 208 valence electrons. The Morgan fingerprint density at radius 1 is 1.11 bits per heavy atom. The molecule has 1 amide bonds. The monoisotopic (exact) mass is 547 g/mol. The molecule has 2 heterocycles. The molecule has 0 bridgehead atoms. The largest absolute Gasteiger partial charge is 0.497 e. The van der Waals surface area contributed by atoms with Crippen LogP contribution in [0.25, 0.3) is 0 Å². The highest BCUT2D eigenvalue weighted by molar-refractivity contribution is 7.89. The molecule has 10 nitrogen and oxygen atoms in total. The molecule has 2 aliphatic heterocycles. The Bertz CT molecular complexity index is 1120. The van der Waals surface area contributed by atoms with Crippen LogP contribution in [-0.4, -0.2) is 88.8 Å². The first-order valence-electron chi connectivity index (χ1n) is 13.0. The number of carbonyl (C=O) groups is 1. The van der Waals surface area contributed by atoms with Crippen molar-refractivity contribution in [1.82, 2.24) is 14.9 Å². The molecule has 2 aromatic carbocycles. The van der Waals surface area contributed by atoms with Crippen LogP contribution >= 0.6 is 0 Å². The Labute approximate surface area is 224 Å². The van der Waals surface area contributed by atoms with Crippen LogP contribution in [0.15, 0.2) is 59.5 Å². The number of likely N-dealkylation sites (tertiary alicyclic amines) is 1. The highest BCUT2D eigenvalue weighted by Gasteiger charge is 2.30. The molecular formula is C27H37N3O7S. The van der Waals surface area contributed by atoms with Crippen molar-refractivity contribution in [2.24, 2.45) is 0 Å². The summed E-state index contributed by atoms with van der Waals surface area (Å²) in [6.45, 7) is 2.54. The lowest BCUT2D eigenvalue weighted by Crippen LogP contribution is -2.52. The van der Waals surface area contributed by atoms with Gasteiger partial charge in [-0.25, -0.2) is 17.9 Å². The summed E-state index contributed by atoms with van der Waals surface area (Å²) in [5.74, 6) is 0.594. The number of nitrogens with one attached hydrogen (secondary N) is 2. The molecule has 0 aromatic heterocycles. The van der Waals surface area contributed by atoms with Gasteiger partial charge in [0.25, 0.3) is 0 Å². The maximum absolute atomic E-state index is 12.8. The second kappa shape index (κ2) is 13.4. The fourth-order valence-electron chi connectivity index (χ4n) is 4.76. The SMILES string of the molecule is COc1ccc(S(=O)(=O)NC2CCN(C[C@@H](O)[C@H](Cc3ccccc3)NC(=O)O[C@@H]3CCOC3)CC2)cc1. The highest BCUT2D eigenvalue weighted by Crippen LogP contribution is 2.19. The van der Waals surface area contributed by atoms with Crippen LogP contribution < -0.4 is 14.8 Å². The average Bonchev–Trinajstić information content (AvgIpc) is 3.43. The summed E-state index contributed by atoms with van der Waals surface area (Å²) in [6, 6.07) is 15.2. The van der Waals surface area contributed by atoms with E-state index in [1.165, 1.54) is 19.2 Å². The Kier molecular flexibility index (Phi) is 9.97. The molecule has 3 N–H and O–H groups in total. The number of alkyl carbamates (subject to hydrolysis) is 1. The number of amides is 1. The average molecular weight is 548 g/mol. The van der Waals surface area contributed by atoms with Gasteiger partial charge in [0.05, 0.1) is 37.4 Å². The zero-order valence-corrected chi connectivity index (χ0v) is 22.4. The molecule has 2 fully saturated rings. The summed E-state index contributed by atoms with van der Waals surface area (Å²) in [7, 11) is -2.11. The number of piperidine rings is 1. The van der Waals surface area contributed by atoms with Crippen LogP contribution in [-0.2, 0) is 25.9 Å². The van der Waals surface area contributed by atoms with Gasteiger partial charge in [0.2, 0.25) is 10.0 Å². The predicted molar refractivity (Wildman–Crippen MR) is 142 cm³/mol. The van der Waals surface area contributed by atoms with E-state index in [0.29, 0.717) is 64.3 Å². The van der Waals surface area contributed by atoms with Crippen molar-refractivity contribution in [2.45, 2.75) is 54.9 Å². The van der Waals surface area contributed by atoms with Crippen molar-refractivity contribution >= 4 is 16.1 Å². The number of nitrogens with zero attached hydrogens (tertiary/aromatic N) is 1. The Balaban J connectivity index is 1.30. The number of aliphatic hydroxyl groups is 1. The van der Waals surface area contributed by atoms with Gasteiger partial charge in [-0.2, -0.15) is 0 Å². The van der Waals surface area contributed by atoms with Crippen molar-refractivity contribution in [3.8, 4) is 5.75 Å². The van der Waals surface area contributed by atoms with Gasteiger partial charge < -0.3 is 29.5 Å². The lowest BCUT2D eigenvalue weighted by molar-refractivity contribution is 0.0518. The Morgan fingerprint density at radius 2 is 1.82 bits per heavy atom. The summed E-state index contributed by atoms with van der Waals surface area (Å²) in [5.41, 5.74) is 0.993. The quantitative estimate of drug-likeness (QED) is 0.390. The van der Waals surface area contributed by atoms with Gasteiger partial charge in [-0.05, 0) is 62.2 Å². The van der Waals surface area contributed by atoms with E-state index in [4.69, 9.17) is 14.2 Å². The standard InChI is InChI=1S/C27H37N3O7S/c1-35-22-7-9-24(10-8-22)38(33,34)29-21-11-14-30(15-12-21)18-26(31)25(17-20-5-3-2-4-6-20)28-27(32)37-23-13-16-36-19-23/h2-10,21,23,25-26,29,31H,11-19H2,1H3,(H,28,32)/t23-,25+,26-/m1/s1. The first-order valence-corrected chi connectivity index (χ1v) is 14.5. The fourth-order valence-corrected chi connectivity index (χ4v) is 6.07. The third-order valence-corrected chi connectivity index (χ3v) is 8.49. The summed E-state index contributed by atoms with van der Waals surface area (Å²) in [4.78, 5) is 14.8. The molecule has 2 saturated heterocycles. The molecule has 0 unspecified atom stereocenters. The molecule has 2 aromatic rings. The molecule has 11 heteroatoms. The number of rotatable bonds is 11. The Morgan fingerprint density at radius 3 is 2.45 bits per heavy atom. The lowest BCUT2D eigenvalue weighted by Gasteiger charge is -2.35. The topological polar surface area (TPSA) is 126 Å². The van der Waals surface area contributed by atoms with E-state index in [0.717, 1.165) is 5.56 Å². The molecular weight excluding hydrogens is 510 g/mol. The van der Waals surface area contributed by atoms with E-state index >= 15 is 0 Å². The number of β-amino-alcohol motifs (C(OH)–C–C–N with tert-alkyl or cyclic N) is 1. The third-order valence-electron chi connectivity index (χ3n) is 6.95. The van der Waals surface area contributed by atoms with Crippen LogP contribution in [0.5, 0.6) is 5.75 Å². The van der Waals surface area contributed by atoms with E-state index in [2.05, 4.69) is 14.9 Å². The van der Waals surface area contributed by atoms with Crippen LogP contribution in [0.3, 0.4) is 0 Å². The van der Waals surface area contributed by atoms with E-state index in [1.807, 2.05) is 30.3 Å². The van der Waals surface area contributed by atoms with Crippen molar-refractivity contribution in [1.29, 1.82) is 0 Å². The van der Waals surface area contributed by atoms with Crippen molar-refractivity contribution in [3.05, 3.63) is 60.2 Å². The Hall–Kier alpha value is -2.70. The zero-order valence-electron chi connectivity index (χ0n) is 21.6. The van der Waals surface area contributed by atoms with Crippen molar-refractivity contribution in [2.75, 3.05) is 40.0 Å². The van der Waals surface area contributed by atoms with Crippen LogP contribution in [0.1, 0.15) is 24.8 Å². The number of hydrogen-bond donors (Lipinski definition) is 3. The van der Waals surface area contributed by atoms with E-state index in [1.54, 1.807) is 12.1 Å². The number of benzene rings is 2. The minimum absolute atomic E-state index is 0.196. The lowest BCUT2D eigenvalue weighted by atomic mass is 9.99. The van der Waals surface area contributed by atoms with Gasteiger partial charge >= 0.3 is 6.09 Å². The van der Waals surface area contributed by atoms with Gasteiger partial charge in [-0.3, -0.25) is 0 Å². The molecule has 0 saturated carbocycles. The summed E-state index contributed by atoms with van der Waals surface area (Å²) in [5, 5.41) is 14.0. The third kappa shape index (κ3) is 8.15. The second-order valence-electron chi connectivity index (χ2n) is 9.77. The van der Waals surface area contributed by atoms with Crippen molar-refractivity contribution in [3.63, 3.8) is 0 Å². The number of aliphatic hydroxyl groups excluding tert-OH is 1. The van der Waals surface area contributed by atoms with E-state index in [9.17, 15) is 18.3 Å². The minimum atomic E-state index is -3.64. The second-order valence-corrected chi connectivity index (χ2v) is 11.5. The highest BCUT2D eigenvalue weighted by atomic mass is 32.2. The maximum Gasteiger partial charge on any atom is 0.407 e. The number of ether oxygens (including phenoxy) is 3. The van der Waals surface area contributed by atoms with Gasteiger partial charge in [0.1, 0.15) is 11.9 Å². The first-order chi connectivity index (χ1) is 18.3. The fraction of sp³-hybridized carbons (Fsp3) is 0.519. The molecule has 0 spiro atoms. The molecule has 2 aliphatic rings. The first kappa shape index (κ1) is 28.3. The molecule has 0 radical (unpaired) electrons. The summed E-state index contributed by atoms with van der Waals surface area (Å²) >= 11 is 0. The molecule has 4 rings (SSSR count). The van der Waals surface area contributed by atoms with Crippen LogP contribution in [0.4, 0.5) is 4.79 Å². The summed E-state index contributed by atoms with van der Waals surface area (Å²) < 4.78 is 44.2. The normalized spacial score (nSPS) is 20.5. The molecule has 3 atom stereocenters.